The van der Waals surface area contributed by atoms with Gasteiger partial charge in [0.1, 0.15) is 0 Å². The molecule has 0 unspecified atom stereocenters. The first-order valence-electron chi connectivity index (χ1n) is 7.15. The zero-order chi connectivity index (χ0) is 14.5. The van der Waals surface area contributed by atoms with Crippen molar-refractivity contribution in [2.45, 2.75) is 25.8 Å². The van der Waals surface area contributed by atoms with Crippen LogP contribution < -0.4 is 0 Å². The maximum absolute atomic E-state index is 4.30. The first-order chi connectivity index (χ1) is 10.3. The molecule has 106 valence electrons. The van der Waals surface area contributed by atoms with E-state index in [9.17, 15) is 0 Å². The van der Waals surface area contributed by atoms with E-state index in [0.717, 1.165) is 17.8 Å². The lowest BCUT2D eigenvalue weighted by molar-refractivity contribution is 0.638. The Balaban J connectivity index is 1.65. The summed E-state index contributed by atoms with van der Waals surface area (Å²) >= 11 is 0. The smallest absolute Gasteiger partial charge is 0.0849 e. The van der Waals surface area contributed by atoms with E-state index in [4.69, 9.17) is 0 Å². The summed E-state index contributed by atoms with van der Waals surface area (Å²) in [5, 5.41) is 8.45. The van der Waals surface area contributed by atoms with Crippen LogP contribution in [0.4, 0.5) is 0 Å². The Labute approximate surface area is 124 Å². The van der Waals surface area contributed by atoms with Gasteiger partial charge in [-0.2, -0.15) is 0 Å². The molecular formula is C17H18N4. The molecule has 0 saturated carbocycles. The van der Waals surface area contributed by atoms with Crippen molar-refractivity contribution < 1.29 is 0 Å². The molecule has 1 atom stereocenters. The molecule has 2 aromatic heterocycles. The van der Waals surface area contributed by atoms with Gasteiger partial charge >= 0.3 is 0 Å². The Hall–Kier alpha value is -2.49. The van der Waals surface area contributed by atoms with Crippen molar-refractivity contribution in [3.63, 3.8) is 0 Å². The van der Waals surface area contributed by atoms with Gasteiger partial charge < -0.3 is 0 Å². The molecule has 0 radical (unpaired) electrons. The first kappa shape index (κ1) is 13.5. The van der Waals surface area contributed by atoms with Crippen LogP contribution in [0.15, 0.2) is 60.9 Å². The minimum absolute atomic E-state index is 0.436. The van der Waals surface area contributed by atoms with E-state index < -0.39 is 0 Å². The quantitative estimate of drug-likeness (QED) is 0.720. The Morgan fingerprint density at radius 1 is 1.00 bits per heavy atom. The number of aromatic nitrogens is 4. The molecule has 4 nitrogen and oxygen atoms in total. The van der Waals surface area contributed by atoms with Crippen LogP contribution in [0.5, 0.6) is 0 Å². The maximum Gasteiger partial charge on any atom is 0.0849 e. The fourth-order valence-corrected chi connectivity index (χ4v) is 2.38. The number of hydrogen-bond donors (Lipinski definition) is 0. The Morgan fingerprint density at radius 3 is 2.57 bits per heavy atom. The summed E-state index contributed by atoms with van der Waals surface area (Å²) in [6.07, 6.45) is 4.70. The van der Waals surface area contributed by atoms with E-state index in [0.29, 0.717) is 12.5 Å². The van der Waals surface area contributed by atoms with Crippen molar-refractivity contribution in [2.75, 3.05) is 0 Å². The van der Waals surface area contributed by atoms with Gasteiger partial charge in [0.2, 0.25) is 0 Å². The van der Waals surface area contributed by atoms with E-state index >= 15 is 0 Å². The number of hydrogen-bond acceptors (Lipinski definition) is 3. The van der Waals surface area contributed by atoms with Gasteiger partial charge in [0.15, 0.2) is 0 Å². The Morgan fingerprint density at radius 2 is 1.81 bits per heavy atom. The second-order valence-electron chi connectivity index (χ2n) is 5.24. The molecule has 21 heavy (non-hydrogen) atoms. The third-order valence-corrected chi connectivity index (χ3v) is 3.52. The van der Waals surface area contributed by atoms with Crippen molar-refractivity contribution >= 4 is 0 Å². The fraction of sp³-hybridized carbons (Fsp3) is 0.235. The molecular weight excluding hydrogens is 260 g/mol. The van der Waals surface area contributed by atoms with Crippen LogP contribution in [0.3, 0.4) is 0 Å². The maximum atomic E-state index is 4.30. The predicted molar refractivity (Wildman–Crippen MR) is 81.9 cm³/mol. The lowest BCUT2D eigenvalue weighted by atomic mass is 9.97. The SMILES string of the molecule is C[C@H](Cc1cn(Cc2ccccn2)nn1)c1ccccc1. The summed E-state index contributed by atoms with van der Waals surface area (Å²) < 4.78 is 1.84. The van der Waals surface area contributed by atoms with Crippen LogP contribution in [0.25, 0.3) is 0 Å². The number of nitrogens with zero attached hydrogens (tertiary/aromatic N) is 4. The number of pyridine rings is 1. The van der Waals surface area contributed by atoms with E-state index in [1.54, 1.807) is 6.20 Å². The van der Waals surface area contributed by atoms with Crippen molar-refractivity contribution in [2.24, 2.45) is 0 Å². The highest BCUT2D eigenvalue weighted by molar-refractivity contribution is 5.20. The molecule has 2 heterocycles. The summed E-state index contributed by atoms with van der Waals surface area (Å²) in [7, 11) is 0. The molecule has 0 aliphatic carbocycles. The highest BCUT2D eigenvalue weighted by atomic mass is 15.4. The van der Waals surface area contributed by atoms with Gasteiger partial charge in [0.05, 0.1) is 17.9 Å². The summed E-state index contributed by atoms with van der Waals surface area (Å²) in [6.45, 7) is 2.88. The minimum atomic E-state index is 0.436. The molecule has 0 aliphatic rings. The zero-order valence-electron chi connectivity index (χ0n) is 12.1. The van der Waals surface area contributed by atoms with Gasteiger partial charge in [-0.05, 0) is 30.0 Å². The van der Waals surface area contributed by atoms with Gasteiger partial charge in [0.25, 0.3) is 0 Å². The number of benzene rings is 1. The zero-order valence-corrected chi connectivity index (χ0v) is 12.1. The Bertz CT molecular complexity index is 676. The van der Waals surface area contributed by atoms with Crippen molar-refractivity contribution in [1.29, 1.82) is 0 Å². The normalized spacial score (nSPS) is 12.2. The van der Waals surface area contributed by atoms with Gasteiger partial charge in [-0.25, -0.2) is 4.68 Å². The predicted octanol–water partition coefficient (Wildman–Crippen LogP) is 3.07. The monoisotopic (exact) mass is 278 g/mol. The molecule has 0 saturated heterocycles. The second kappa shape index (κ2) is 6.31. The molecule has 0 bridgehead atoms. The van der Waals surface area contributed by atoms with Crippen LogP contribution in [-0.2, 0) is 13.0 Å². The summed E-state index contributed by atoms with van der Waals surface area (Å²) in [5.74, 6) is 0.436. The van der Waals surface area contributed by atoms with Gasteiger partial charge in [-0.15, -0.1) is 5.10 Å². The van der Waals surface area contributed by atoms with E-state index in [2.05, 4.69) is 46.5 Å². The molecule has 3 aromatic rings. The van der Waals surface area contributed by atoms with Crippen molar-refractivity contribution in [3.05, 3.63) is 77.9 Å². The van der Waals surface area contributed by atoms with Crippen LogP contribution in [0.1, 0.15) is 29.8 Å². The average Bonchev–Trinajstić information content (AvgIpc) is 2.96. The molecule has 3 rings (SSSR count). The summed E-state index contributed by atoms with van der Waals surface area (Å²) in [4.78, 5) is 4.30. The van der Waals surface area contributed by atoms with E-state index in [1.165, 1.54) is 5.56 Å². The van der Waals surface area contributed by atoms with E-state index in [-0.39, 0.29) is 0 Å². The van der Waals surface area contributed by atoms with E-state index in [1.807, 2.05) is 35.1 Å². The second-order valence-corrected chi connectivity index (χ2v) is 5.24. The molecule has 0 amide bonds. The molecule has 4 heteroatoms. The highest BCUT2D eigenvalue weighted by Crippen LogP contribution is 2.18. The molecule has 0 fully saturated rings. The van der Waals surface area contributed by atoms with Gasteiger partial charge in [-0.3, -0.25) is 4.98 Å². The topological polar surface area (TPSA) is 43.6 Å². The molecule has 0 N–H and O–H groups in total. The lowest BCUT2D eigenvalue weighted by Gasteiger charge is -2.09. The lowest BCUT2D eigenvalue weighted by Crippen LogP contribution is -2.02. The van der Waals surface area contributed by atoms with Crippen LogP contribution in [0.2, 0.25) is 0 Å². The molecule has 1 aromatic carbocycles. The van der Waals surface area contributed by atoms with Gasteiger partial charge in [-0.1, -0.05) is 48.5 Å². The third kappa shape index (κ3) is 3.54. The summed E-state index contributed by atoms with van der Waals surface area (Å²) in [6, 6.07) is 16.4. The fourth-order valence-electron chi connectivity index (χ4n) is 2.38. The third-order valence-electron chi connectivity index (χ3n) is 3.52. The van der Waals surface area contributed by atoms with Crippen molar-refractivity contribution in [3.8, 4) is 0 Å². The van der Waals surface area contributed by atoms with Crippen LogP contribution in [0, 0.1) is 0 Å². The first-order valence-corrected chi connectivity index (χ1v) is 7.15. The van der Waals surface area contributed by atoms with Gasteiger partial charge in [0, 0.05) is 12.4 Å². The average molecular weight is 278 g/mol. The largest absolute Gasteiger partial charge is 0.259 e. The summed E-state index contributed by atoms with van der Waals surface area (Å²) in [5.41, 5.74) is 3.34. The van der Waals surface area contributed by atoms with Crippen molar-refractivity contribution in [1.82, 2.24) is 20.0 Å². The van der Waals surface area contributed by atoms with Crippen LogP contribution >= 0.6 is 0 Å². The molecule has 0 spiro atoms. The standard InChI is InChI=1S/C17H18N4/c1-14(15-7-3-2-4-8-15)11-17-13-21(20-19-17)12-16-9-5-6-10-18-16/h2-10,13-14H,11-12H2,1H3/t14-/m1/s1. The Kier molecular flexibility index (Phi) is 4.05. The van der Waals surface area contributed by atoms with Crippen LogP contribution in [-0.4, -0.2) is 20.0 Å². The highest BCUT2D eigenvalue weighted by Gasteiger charge is 2.09. The minimum Gasteiger partial charge on any atom is -0.259 e. The molecule has 0 aliphatic heterocycles. The number of rotatable bonds is 5.